The summed E-state index contributed by atoms with van der Waals surface area (Å²) < 4.78 is 13.6. The summed E-state index contributed by atoms with van der Waals surface area (Å²) in [7, 11) is 0. The van der Waals surface area contributed by atoms with Gasteiger partial charge in [0.15, 0.2) is 10.7 Å². The van der Waals surface area contributed by atoms with Crippen LogP contribution in [0.3, 0.4) is 0 Å². The zero-order valence-corrected chi connectivity index (χ0v) is 17.3. The SMILES string of the molecule is CC[C@@H]1C[C@@H](CC(=S)Oc2ccccc2)[C@H](n2c(=O)sc3c(=O)[nH]c(N)nc32)O1. The van der Waals surface area contributed by atoms with E-state index in [1.165, 1.54) is 4.57 Å². The summed E-state index contributed by atoms with van der Waals surface area (Å²) in [6.45, 7) is 2.03. The molecule has 0 amide bonds. The number of fused-ring (bicyclic) bond motifs is 1. The topological polar surface area (TPSA) is 112 Å². The van der Waals surface area contributed by atoms with Crippen molar-refractivity contribution in [2.45, 2.75) is 38.5 Å². The van der Waals surface area contributed by atoms with Gasteiger partial charge in [-0.15, -0.1) is 0 Å². The van der Waals surface area contributed by atoms with Crippen molar-refractivity contribution in [3.8, 4) is 5.75 Å². The number of para-hydroxylation sites is 1. The molecule has 3 heterocycles. The van der Waals surface area contributed by atoms with Crippen LogP contribution < -0.4 is 20.9 Å². The minimum Gasteiger partial charge on any atom is -0.450 e. The zero-order chi connectivity index (χ0) is 20.5. The summed E-state index contributed by atoms with van der Waals surface area (Å²) in [5.41, 5.74) is 5.50. The summed E-state index contributed by atoms with van der Waals surface area (Å²) in [5.74, 6) is 0.534. The number of nitrogens with one attached hydrogen (secondary N) is 1. The molecule has 1 aromatic carbocycles. The van der Waals surface area contributed by atoms with Gasteiger partial charge in [0.25, 0.3) is 5.56 Å². The Morgan fingerprint density at radius 1 is 1.41 bits per heavy atom. The van der Waals surface area contributed by atoms with E-state index < -0.39 is 11.8 Å². The molecule has 1 saturated heterocycles. The lowest BCUT2D eigenvalue weighted by Crippen LogP contribution is -2.26. The van der Waals surface area contributed by atoms with Crippen LogP contribution in [0, 0.1) is 5.92 Å². The maximum Gasteiger partial charge on any atom is 0.311 e. The number of aromatic amines is 1. The molecule has 152 valence electrons. The molecule has 3 atom stereocenters. The lowest BCUT2D eigenvalue weighted by Gasteiger charge is -2.20. The van der Waals surface area contributed by atoms with Crippen LogP contribution in [-0.4, -0.2) is 25.7 Å². The second kappa shape index (κ2) is 8.05. The summed E-state index contributed by atoms with van der Waals surface area (Å²) in [5, 5.41) is 0.421. The highest BCUT2D eigenvalue weighted by Gasteiger charge is 2.38. The molecule has 1 fully saturated rings. The second-order valence-electron chi connectivity index (χ2n) is 6.89. The number of nitrogen functional groups attached to an aromatic ring is 1. The number of thiazole rings is 1. The molecule has 29 heavy (non-hydrogen) atoms. The van der Waals surface area contributed by atoms with Crippen LogP contribution in [-0.2, 0) is 4.74 Å². The van der Waals surface area contributed by atoms with Crippen LogP contribution in [0.4, 0.5) is 5.95 Å². The van der Waals surface area contributed by atoms with Gasteiger partial charge in [-0.3, -0.25) is 19.1 Å². The van der Waals surface area contributed by atoms with E-state index in [1.54, 1.807) is 0 Å². The lowest BCUT2D eigenvalue weighted by molar-refractivity contribution is -0.0117. The lowest BCUT2D eigenvalue weighted by atomic mass is 9.98. The smallest absolute Gasteiger partial charge is 0.311 e. The summed E-state index contributed by atoms with van der Waals surface area (Å²) in [6, 6.07) is 9.31. The van der Waals surface area contributed by atoms with Gasteiger partial charge in [-0.05, 0) is 37.2 Å². The Morgan fingerprint density at radius 3 is 2.90 bits per heavy atom. The summed E-state index contributed by atoms with van der Waals surface area (Å²) in [4.78, 5) is 31.2. The van der Waals surface area contributed by atoms with Gasteiger partial charge in [0.1, 0.15) is 16.7 Å². The molecule has 10 heteroatoms. The van der Waals surface area contributed by atoms with Crippen molar-refractivity contribution < 1.29 is 9.47 Å². The third-order valence-electron chi connectivity index (χ3n) is 4.91. The number of thiocarbonyl (C=S) groups is 1. The first kappa shape index (κ1) is 19.7. The van der Waals surface area contributed by atoms with E-state index in [0.29, 0.717) is 17.2 Å². The van der Waals surface area contributed by atoms with Gasteiger partial charge in [-0.25, -0.2) is 0 Å². The van der Waals surface area contributed by atoms with Gasteiger partial charge >= 0.3 is 4.87 Å². The van der Waals surface area contributed by atoms with Crippen LogP contribution in [0.25, 0.3) is 10.3 Å². The van der Waals surface area contributed by atoms with E-state index in [0.717, 1.165) is 24.2 Å². The van der Waals surface area contributed by atoms with Gasteiger partial charge in [-0.2, -0.15) is 4.98 Å². The number of nitrogens with two attached hydrogens (primary N) is 1. The van der Waals surface area contributed by atoms with E-state index in [4.69, 9.17) is 27.4 Å². The maximum absolute atomic E-state index is 12.7. The second-order valence-corrected chi connectivity index (χ2v) is 8.30. The Labute approximate surface area is 175 Å². The first-order valence-corrected chi connectivity index (χ1v) is 10.5. The molecule has 0 unspecified atom stereocenters. The van der Waals surface area contributed by atoms with E-state index in [9.17, 15) is 9.59 Å². The minimum atomic E-state index is -0.591. The molecule has 1 aliphatic heterocycles. The summed E-state index contributed by atoms with van der Waals surface area (Å²) >= 11 is 6.28. The van der Waals surface area contributed by atoms with Crippen molar-refractivity contribution in [3.05, 3.63) is 50.4 Å². The predicted octanol–water partition coefficient (Wildman–Crippen LogP) is 2.84. The largest absolute Gasteiger partial charge is 0.450 e. The Bertz CT molecular complexity index is 1150. The number of rotatable bonds is 5. The number of H-pyrrole nitrogens is 1. The van der Waals surface area contributed by atoms with Gasteiger partial charge in [0, 0.05) is 12.3 Å². The van der Waals surface area contributed by atoms with Crippen molar-refractivity contribution in [2.24, 2.45) is 5.92 Å². The highest BCUT2D eigenvalue weighted by molar-refractivity contribution is 7.80. The number of aromatic nitrogens is 3. The molecule has 1 aliphatic rings. The minimum absolute atomic E-state index is 0.0225. The standard InChI is InChI=1S/C19H20N4O4S2/c1-2-11-8-10(9-13(28)26-12-6-4-3-5-7-12)17(27-11)23-15-14(29-19(23)25)16(24)22-18(20)21-15/h3-7,10-11,17H,2,8-9H2,1H3,(H3,20,21,22,24)/t10-,11+,17+/m0/s1. The van der Waals surface area contributed by atoms with Crippen molar-refractivity contribution in [2.75, 3.05) is 5.73 Å². The molecule has 2 aromatic heterocycles. The van der Waals surface area contributed by atoms with Gasteiger partial charge in [-0.1, -0.05) is 36.5 Å². The third kappa shape index (κ3) is 3.96. The first-order chi connectivity index (χ1) is 14.0. The molecular weight excluding hydrogens is 412 g/mol. The monoisotopic (exact) mass is 432 g/mol. The molecule has 0 saturated carbocycles. The van der Waals surface area contributed by atoms with Crippen LogP contribution in [0.15, 0.2) is 39.9 Å². The van der Waals surface area contributed by atoms with Crippen LogP contribution in [0.5, 0.6) is 5.75 Å². The Balaban J connectivity index is 1.66. The third-order valence-corrected chi connectivity index (χ3v) is 6.10. The molecule has 0 radical (unpaired) electrons. The first-order valence-electron chi connectivity index (χ1n) is 9.28. The van der Waals surface area contributed by atoms with Crippen molar-refractivity contribution in [1.29, 1.82) is 0 Å². The molecule has 0 bridgehead atoms. The number of nitrogens with zero attached hydrogens (tertiary/aromatic N) is 2. The molecule has 4 rings (SSSR count). The van der Waals surface area contributed by atoms with E-state index in [2.05, 4.69) is 9.97 Å². The van der Waals surface area contributed by atoms with Crippen molar-refractivity contribution in [3.63, 3.8) is 0 Å². The van der Waals surface area contributed by atoms with Crippen LogP contribution >= 0.6 is 23.6 Å². The average molecular weight is 433 g/mol. The Kier molecular flexibility index (Phi) is 5.48. The van der Waals surface area contributed by atoms with Crippen molar-refractivity contribution >= 4 is 44.9 Å². The Morgan fingerprint density at radius 2 is 2.17 bits per heavy atom. The van der Waals surface area contributed by atoms with Crippen LogP contribution in [0.2, 0.25) is 0 Å². The molecule has 8 nitrogen and oxygen atoms in total. The quantitative estimate of drug-likeness (QED) is 0.596. The highest BCUT2D eigenvalue weighted by atomic mass is 32.1. The van der Waals surface area contributed by atoms with E-state index in [1.807, 2.05) is 37.3 Å². The number of anilines is 1. The number of benzene rings is 1. The Hall–Kier alpha value is -2.56. The fourth-order valence-corrected chi connectivity index (χ4v) is 4.74. The molecule has 0 aliphatic carbocycles. The molecule has 0 spiro atoms. The fraction of sp³-hybridized carbons (Fsp3) is 0.368. The average Bonchev–Trinajstić information content (AvgIpc) is 3.22. The zero-order valence-electron chi connectivity index (χ0n) is 15.7. The van der Waals surface area contributed by atoms with Gasteiger partial charge in [0.05, 0.1) is 6.10 Å². The van der Waals surface area contributed by atoms with E-state index in [-0.39, 0.29) is 33.2 Å². The van der Waals surface area contributed by atoms with Crippen LogP contribution in [0.1, 0.15) is 32.4 Å². The molecule has 3 N–H and O–H groups in total. The maximum atomic E-state index is 12.7. The number of hydrogen-bond acceptors (Lipinski definition) is 8. The summed E-state index contributed by atoms with van der Waals surface area (Å²) in [6.07, 6.45) is 1.35. The predicted molar refractivity (Wildman–Crippen MR) is 116 cm³/mol. The van der Waals surface area contributed by atoms with Gasteiger partial charge < -0.3 is 15.2 Å². The number of hydrogen-bond donors (Lipinski definition) is 2. The molecule has 3 aromatic rings. The highest BCUT2D eigenvalue weighted by Crippen LogP contribution is 2.39. The van der Waals surface area contributed by atoms with E-state index >= 15 is 0 Å². The normalized spacial score (nSPS) is 21.5. The number of ether oxygens (including phenoxy) is 2. The van der Waals surface area contributed by atoms with Gasteiger partial charge in [0.2, 0.25) is 5.95 Å². The molecular formula is C19H20N4O4S2. The van der Waals surface area contributed by atoms with Crippen molar-refractivity contribution in [1.82, 2.24) is 14.5 Å². The fourth-order valence-electron chi connectivity index (χ4n) is 3.58.